The molecule has 1 aromatic carbocycles. The fraction of sp³-hybridized carbons (Fsp3) is 0.529. The van der Waals surface area contributed by atoms with Crippen molar-refractivity contribution >= 4 is 24.0 Å². The molecule has 2 fully saturated rings. The molecule has 1 aromatic heterocycles. The molecule has 0 aliphatic heterocycles. The number of aromatic nitrogens is 4. The van der Waals surface area contributed by atoms with Gasteiger partial charge in [0.15, 0.2) is 5.82 Å². The summed E-state index contributed by atoms with van der Waals surface area (Å²) in [4.78, 5) is 12.1. The predicted molar refractivity (Wildman–Crippen MR) is 99.2 cm³/mol. The maximum atomic E-state index is 12.1. The molecular formula is C17H23ClN6O2. The van der Waals surface area contributed by atoms with Gasteiger partial charge in [0.1, 0.15) is 11.4 Å². The van der Waals surface area contributed by atoms with Crippen molar-refractivity contribution in [1.82, 2.24) is 25.5 Å². The van der Waals surface area contributed by atoms with Crippen molar-refractivity contribution in [2.24, 2.45) is 5.92 Å². The number of hydrogen-bond acceptors (Lipinski definition) is 6. The number of methoxy groups -OCH3 is 1. The third kappa shape index (κ3) is 4.31. The molecule has 2 aliphatic rings. The molecule has 1 amide bonds. The summed E-state index contributed by atoms with van der Waals surface area (Å²) in [6, 6.07) is 5.49. The number of nitrogens with zero attached hydrogens (tertiary/aromatic N) is 4. The summed E-state index contributed by atoms with van der Waals surface area (Å²) >= 11 is 0. The first-order valence-corrected chi connectivity index (χ1v) is 8.72. The topological polar surface area (TPSA) is 94.0 Å². The van der Waals surface area contributed by atoms with Crippen LogP contribution >= 0.6 is 12.4 Å². The van der Waals surface area contributed by atoms with Gasteiger partial charge in [-0.1, -0.05) is 0 Å². The van der Waals surface area contributed by atoms with Crippen LogP contribution in [0.25, 0.3) is 5.69 Å². The third-order valence-electron chi connectivity index (χ3n) is 4.54. The fourth-order valence-electron chi connectivity index (χ4n) is 2.81. The van der Waals surface area contributed by atoms with E-state index in [0.29, 0.717) is 23.9 Å². The van der Waals surface area contributed by atoms with E-state index in [2.05, 4.69) is 26.2 Å². The Morgan fingerprint density at radius 2 is 2.12 bits per heavy atom. The summed E-state index contributed by atoms with van der Waals surface area (Å²) in [6.07, 6.45) is 4.75. The summed E-state index contributed by atoms with van der Waals surface area (Å²) in [6.45, 7) is 1.23. The van der Waals surface area contributed by atoms with Crippen molar-refractivity contribution in [3.05, 3.63) is 24.0 Å². The van der Waals surface area contributed by atoms with Crippen LogP contribution in [-0.2, 0) is 4.79 Å². The Bertz CT molecular complexity index is 772. The van der Waals surface area contributed by atoms with Crippen molar-refractivity contribution in [3.8, 4) is 11.4 Å². The summed E-state index contributed by atoms with van der Waals surface area (Å²) in [7, 11) is 1.61. The monoisotopic (exact) mass is 378 g/mol. The molecular weight excluding hydrogens is 356 g/mol. The van der Waals surface area contributed by atoms with Crippen molar-refractivity contribution in [2.75, 3.05) is 25.5 Å². The molecule has 0 saturated heterocycles. The van der Waals surface area contributed by atoms with E-state index in [4.69, 9.17) is 4.74 Å². The number of halogens is 1. The molecule has 8 nitrogen and oxygen atoms in total. The lowest BCUT2D eigenvalue weighted by Crippen LogP contribution is -2.29. The van der Waals surface area contributed by atoms with Gasteiger partial charge >= 0.3 is 0 Å². The van der Waals surface area contributed by atoms with Gasteiger partial charge in [0.2, 0.25) is 5.91 Å². The first-order chi connectivity index (χ1) is 12.2. The van der Waals surface area contributed by atoms with E-state index in [1.807, 2.05) is 18.2 Å². The molecule has 26 heavy (non-hydrogen) atoms. The smallest absolute Gasteiger partial charge is 0.238 e. The molecule has 0 radical (unpaired) electrons. The van der Waals surface area contributed by atoms with Crippen LogP contribution in [0, 0.1) is 5.92 Å². The lowest BCUT2D eigenvalue weighted by molar-refractivity contribution is -0.115. The molecule has 2 aromatic rings. The van der Waals surface area contributed by atoms with Gasteiger partial charge in [0.05, 0.1) is 13.7 Å². The zero-order valence-corrected chi connectivity index (χ0v) is 15.5. The number of nitrogens with one attached hydrogen (secondary N) is 2. The van der Waals surface area contributed by atoms with Gasteiger partial charge in [0, 0.05) is 11.6 Å². The van der Waals surface area contributed by atoms with Gasteiger partial charge in [-0.2, -0.15) is 4.68 Å². The van der Waals surface area contributed by atoms with Crippen molar-refractivity contribution < 1.29 is 9.53 Å². The largest absolute Gasteiger partial charge is 0.494 e. The molecule has 1 heterocycles. The molecule has 2 aliphatic carbocycles. The lowest BCUT2D eigenvalue weighted by atomic mass is 10.2. The Morgan fingerprint density at radius 1 is 1.31 bits per heavy atom. The van der Waals surface area contributed by atoms with Crippen LogP contribution in [0.2, 0.25) is 0 Å². The number of amides is 1. The van der Waals surface area contributed by atoms with Crippen LogP contribution in [0.1, 0.15) is 37.4 Å². The van der Waals surface area contributed by atoms with Crippen molar-refractivity contribution in [2.45, 2.75) is 31.6 Å². The highest BCUT2D eigenvalue weighted by Crippen LogP contribution is 2.40. The van der Waals surface area contributed by atoms with E-state index < -0.39 is 0 Å². The first-order valence-electron chi connectivity index (χ1n) is 8.72. The third-order valence-corrected chi connectivity index (χ3v) is 4.54. The minimum absolute atomic E-state index is 0. The van der Waals surface area contributed by atoms with Gasteiger partial charge in [-0.05, 0) is 66.8 Å². The summed E-state index contributed by atoms with van der Waals surface area (Å²) < 4.78 is 7.15. The van der Waals surface area contributed by atoms with E-state index in [0.717, 1.165) is 36.8 Å². The number of anilines is 1. The van der Waals surface area contributed by atoms with Gasteiger partial charge in [-0.3, -0.25) is 4.79 Å². The minimum atomic E-state index is -0.0594. The SMILES string of the molecule is COc1ccc(NC(=O)CNCC2CC2)cc1-n1nnnc1C1CC1.Cl. The maximum absolute atomic E-state index is 12.1. The van der Waals surface area contributed by atoms with Crippen molar-refractivity contribution in [3.63, 3.8) is 0 Å². The quantitative estimate of drug-likeness (QED) is 0.728. The molecule has 0 spiro atoms. The van der Waals surface area contributed by atoms with Gasteiger partial charge in [-0.25, -0.2) is 0 Å². The van der Waals surface area contributed by atoms with Gasteiger partial charge in [-0.15, -0.1) is 17.5 Å². The van der Waals surface area contributed by atoms with Crippen LogP contribution in [0.15, 0.2) is 18.2 Å². The number of tetrazole rings is 1. The van der Waals surface area contributed by atoms with E-state index in [-0.39, 0.29) is 18.3 Å². The average Bonchev–Trinajstić information content (AvgIpc) is 3.55. The second-order valence-electron chi connectivity index (χ2n) is 6.73. The Kier molecular flexibility index (Phi) is 5.73. The maximum Gasteiger partial charge on any atom is 0.238 e. The second kappa shape index (κ2) is 8.01. The Labute approximate surface area is 158 Å². The van der Waals surface area contributed by atoms with E-state index in [1.54, 1.807) is 11.8 Å². The molecule has 2 saturated carbocycles. The Balaban J connectivity index is 0.00000196. The normalized spacial score (nSPS) is 16.0. The lowest BCUT2D eigenvalue weighted by Gasteiger charge is -2.12. The number of benzene rings is 1. The van der Waals surface area contributed by atoms with Gasteiger partial charge < -0.3 is 15.4 Å². The van der Waals surface area contributed by atoms with Crippen LogP contribution in [0.3, 0.4) is 0 Å². The minimum Gasteiger partial charge on any atom is -0.494 e. The Hall–Kier alpha value is -2.19. The predicted octanol–water partition coefficient (Wildman–Crippen LogP) is 1.91. The van der Waals surface area contributed by atoms with E-state index >= 15 is 0 Å². The molecule has 0 bridgehead atoms. The summed E-state index contributed by atoms with van der Waals surface area (Å²) in [5, 5.41) is 18.1. The summed E-state index contributed by atoms with van der Waals surface area (Å²) in [5.74, 6) is 2.61. The molecule has 2 N–H and O–H groups in total. The fourth-order valence-corrected chi connectivity index (χ4v) is 2.81. The van der Waals surface area contributed by atoms with Crippen LogP contribution in [0.5, 0.6) is 5.75 Å². The number of ether oxygens (including phenoxy) is 1. The number of carbonyl (C=O) groups is 1. The Morgan fingerprint density at radius 3 is 2.81 bits per heavy atom. The zero-order valence-electron chi connectivity index (χ0n) is 14.6. The van der Waals surface area contributed by atoms with E-state index in [9.17, 15) is 4.79 Å². The van der Waals surface area contributed by atoms with Crippen LogP contribution in [-0.4, -0.2) is 46.3 Å². The summed E-state index contributed by atoms with van der Waals surface area (Å²) in [5.41, 5.74) is 1.43. The highest BCUT2D eigenvalue weighted by atomic mass is 35.5. The van der Waals surface area contributed by atoms with Crippen LogP contribution < -0.4 is 15.4 Å². The highest BCUT2D eigenvalue weighted by molar-refractivity contribution is 5.92. The molecule has 4 rings (SSSR count). The number of carbonyl (C=O) groups excluding carboxylic acids is 1. The molecule has 0 atom stereocenters. The standard InChI is InChI=1S/C17H22N6O2.ClH/c1-25-15-7-6-13(19-16(24)10-18-9-11-2-3-11)8-14(15)23-17(12-4-5-12)20-21-22-23;/h6-8,11-12,18H,2-5,9-10H2,1H3,(H,19,24);1H. The highest BCUT2D eigenvalue weighted by Gasteiger charge is 2.30. The van der Waals surface area contributed by atoms with Crippen LogP contribution in [0.4, 0.5) is 5.69 Å². The van der Waals surface area contributed by atoms with E-state index in [1.165, 1.54) is 12.8 Å². The molecule has 9 heteroatoms. The molecule has 0 unspecified atom stereocenters. The number of hydrogen-bond donors (Lipinski definition) is 2. The molecule has 140 valence electrons. The van der Waals surface area contributed by atoms with Gasteiger partial charge in [0.25, 0.3) is 0 Å². The second-order valence-corrected chi connectivity index (χ2v) is 6.73. The number of rotatable bonds is 8. The zero-order chi connectivity index (χ0) is 17.2. The van der Waals surface area contributed by atoms with Crippen molar-refractivity contribution in [1.29, 1.82) is 0 Å². The first kappa shape index (κ1) is 18.6. The average molecular weight is 379 g/mol.